The van der Waals surface area contributed by atoms with Gasteiger partial charge in [-0.1, -0.05) is 0 Å². The lowest BCUT2D eigenvalue weighted by molar-refractivity contribution is -0.385. The topological polar surface area (TPSA) is 112 Å². The molecule has 0 bridgehead atoms. The fourth-order valence-electron chi connectivity index (χ4n) is 1.80. The van der Waals surface area contributed by atoms with Crippen molar-refractivity contribution in [2.45, 2.75) is 12.3 Å². The summed E-state index contributed by atoms with van der Waals surface area (Å²) in [4.78, 5) is 21.8. The van der Waals surface area contributed by atoms with Crippen molar-refractivity contribution in [1.82, 2.24) is 0 Å². The number of benzene rings is 1. The van der Waals surface area contributed by atoms with Crippen LogP contribution in [0.25, 0.3) is 0 Å². The summed E-state index contributed by atoms with van der Waals surface area (Å²) in [6.07, 6.45) is -0.288. The van der Waals surface area contributed by atoms with E-state index in [1.54, 1.807) is 0 Å². The molecule has 0 aliphatic rings. The van der Waals surface area contributed by atoms with E-state index in [1.807, 2.05) is 6.07 Å². The second-order valence-electron chi connectivity index (χ2n) is 3.99. The first kappa shape index (κ1) is 16.2. The molecule has 1 aromatic rings. The second-order valence-corrected chi connectivity index (χ2v) is 3.99. The lowest BCUT2D eigenvalue weighted by atomic mass is 9.95. The molecule has 1 aromatic carbocycles. The van der Waals surface area contributed by atoms with E-state index in [2.05, 4.69) is 4.74 Å². The number of nitro groups is 1. The molecular weight excluding hydrogens is 280 g/mol. The van der Waals surface area contributed by atoms with E-state index in [-0.39, 0.29) is 29.2 Å². The smallest absolute Gasteiger partial charge is 0.307 e. The summed E-state index contributed by atoms with van der Waals surface area (Å²) in [7, 11) is 3.90. The number of rotatable bonds is 6. The van der Waals surface area contributed by atoms with Crippen LogP contribution in [-0.2, 0) is 9.53 Å². The molecule has 0 aliphatic carbocycles. The maximum atomic E-state index is 11.3. The molecule has 0 fully saturated rings. The van der Waals surface area contributed by atoms with Crippen LogP contribution < -0.4 is 9.47 Å². The normalized spacial score (nSPS) is 11.1. The molecule has 8 nitrogen and oxygen atoms in total. The van der Waals surface area contributed by atoms with Crippen molar-refractivity contribution < 1.29 is 23.9 Å². The van der Waals surface area contributed by atoms with Crippen LogP contribution >= 0.6 is 0 Å². The fourth-order valence-corrected chi connectivity index (χ4v) is 1.80. The first-order valence-corrected chi connectivity index (χ1v) is 5.85. The highest BCUT2D eigenvalue weighted by atomic mass is 16.6. The van der Waals surface area contributed by atoms with E-state index in [4.69, 9.17) is 14.7 Å². The largest absolute Gasteiger partial charge is 0.493 e. The zero-order chi connectivity index (χ0) is 16.0. The molecule has 0 N–H and O–H groups in total. The van der Waals surface area contributed by atoms with Crippen LogP contribution in [0.3, 0.4) is 0 Å². The Kier molecular flexibility index (Phi) is 5.48. The van der Waals surface area contributed by atoms with Crippen molar-refractivity contribution in [3.8, 4) is 17.6 Å². The maximum Gasteiger partial charge on any atom is 0.307 e. The molecule has 1 atom stereocenters. The summed E-state index contributed by atoms with van der Waals surface area (Å²) >= 11 is 0. The molecule has 8 heteroatoms. The Balaban J connectivity index is 3.40. The number of hydrogen-bond acceptors (Lipinski definition) is 7. The number of carbonyl (C=O) groups excluding carboxylic acids is 1. The average Bonchev–Trinajstić information content (AvgIpc) is 2.50. The van der Waals surface area contributed by atoms with E-state index >= 15 is 0 Å². The minimum absolute atomic E-state index is 0.0746. The molecule has 112 valence electrons. The molecule has 0 saturated carbocycles. The van der Waals surface area contributed by atoms with Gasteiger partial charge < -0.3 is 14.2 Å². The van der Waals surface area contributed by atoms with Crippen LogP contribution in [0.15, 0.2) is 12.1 Å². The maximum absolute atomic E-state index is 11.3. The van der Waals surface area contributed by atoms with E-state index in [0.29, 0.717) is 0 Å². The Morgan fingerprint density at radius 1 is 1.33 bits per heavy atom. The molecule has 0 unspecified atom stereocenters. The first-order valence-electron chi connectivity index (χ1n) is 5.85. The molecule has 0 spiro atoms. The van der Waals surface area contributed by atoms with Gasteiger partial charge in [-0.05, 0) is 6.07 Å². The van der Waals surface area contributed by atoms with Gasteiger partial charge in [-0.15, -0.1) is 0 Å². The van der Waals surface area contributed by atoms with Crippen LogP contribution in [0.1, 0.15) is 17.9 Å². The molecule has 0 heterocycles. The van der Waals surface area contributed by atoms with Crippen molar-refractivity contribution >= 4 is 11.7 Å². The zero-order valence-corrected chi connectivity index (χ0v) is 11.8. The van der Waals surface area contributed by atoms with Gasteiger partial charge in [0.2, 0.25) is 0 Å². The van der Waals surface area contributed by atoms with Crippen molar-refractivity contribution in [2.24, 2.45) is 0 Å². The molecular formula is C13H14N2O6. The van der Waals surface area contributed by atoms with Gasteiger partial charge >= 0.3 is 5.97 Å². The van der Waals surface area contributed by atoms with E-state index in [0.717, 1.165) is 6.07 Å². The molecule has 0 radical (unpaired) electrons. The number of nitrogens with zero attached hydrogens (tertiary/aromatic N) is 2. The minimum Gasteiger partial charge on any atom is -0.493 e. The number of nitro benzene ring substituents is 1. The molecule has 0 amide bonds. The Hall–Kier alpha value is -2.82. The van der Waals surface area contributed by atoms with Crippen LogP contribution in [0.5, 0.6) is 11.5 Å². The number of esters is 1. The van der Waals surface area contributed by atoms with Crippen LogP contribution in [0.4, 0.5) is 5.69 Å². The molecule has 21 heavy (non-hydrogen) atoms. The van der Waals surface area contributed by atoms with Gasteiger partial charge in [-0.2, -0.15) is 5.26 Å². The van der Waals surface area contributed by atoms with Crippen molar-refractivity contribution in [1.29, 1.82) is 5.26 Å². The van der Waals surface area contributed by atoms with Crippen LogP contribution in [-0.4, -0.2) is 32.2 Å². The standard InChI is InChI=1S/C13H14N2O6/c1-19-11-5-9(8(7-14)4-13(16)21-3)10(15(17)18)6-12(11)20-2/h5-6,8H,4H2,1-3H3/t8-/m1/s1. The number of nitriles is 1. The third-order valence-electron chi connectivity index (χ3n) is 2.86. The monoisotopic (exact) mass is 294 g/mol. The van der Waals surface area contributed by atoms with Gasteiger partial charge in [-0.25, -0.2) is 0 Å². The van der Waals surface area contributed by atoms with Crippen molar-refractivity contribution in [3.05, 3.63) is 27.8 Å². The van der Waals surface area contributed by atoms with Gasteiger partial charge in [0.15, 0.2) is 11.5 Å². The van der Waals surface area contributed by atoms with E-state index in [1.165, 1.54) is 27.4 Å². The minimum atomic E-state index is -1.02. The summed E-state index contributed by atoms with van der Waals surface area (Å²) in [5.74, 6) is -1.24. The molecule has 0 aromatic heterocycles. The van der Waals surface area contributed by atoms with Crippen molar-refractivity contribution in [3.63, 3.8) is 0 Å². The number of methoxy groups -OCH3 is 3. The highest BCUT2D eigenvalue weighted by molar-refractivity contribution is 5.72. The predicted molar refractivity (Wildman–Crippen MR) is 71.2 cm³/mol. The summed E-state index contributed by atoms with van der Waals surface area (Å²) in [6, 6.07) is 4.36. The Morgan fingerprint density at radius 2 is 1.90 bits per heavy atom. The number of ether oxygens (including phenoxy) is 3. The Morgan fingerprint density at radius 3 is 2.33 bits per heavy atom. The van der Waals surface area contributed by atoms with Gasteiger partial charge in [0, 0.05) is 0 Å². The van der Waals surface area contributed by atoms with Gasteiger partial charge in [-0.3, -0.25) is 14.9 Å². The molecule has 0 aliphatic heterocycles. The highest BCUT2D eigenvalue weighted by Gasteiger charge is 2.27. The SMILES string of the molecule is COC(=O)C[C@H](C#N)c1cc(OC)c(OC)cc1[N+](=O)[O-]. The second kappa shape index (κ2) is 7.09. The summed E-state index contributed by atoms with van der Waals surface area (Å²) in [6.45, 7) is 0. The molecule has 1 rings (SSSR count). The summed E-state index contributed by atoms with van der Waals surface area (Å²) in [5.41, 5.74) is -0.242. The number of carbonyl (C=O) groups is 1. The lowest BCUT2D eigenvalue weighted by Crippen LogP contribution is -2.09. The summed E-state index contributed by atoms with van der Waals surface area (Å²) < 4.78 is 14.5. The van der Waals surface area contributed by atoms with Crippen LogP contribution in [0.2, 0.25) is 0 Å². The lowest BCUT2D eigenvalue weighted by Gasteiger charge is -2.13. The van der Waals surface area contributed by atoms with Crippen LogP contribution in [0, 0.1) is 21.4 Å². The number of hydrogen-bond donors (Lipinski definition) is 0. The highest BCUT2D eigenvalue weighted by Crippen LogP contribution is 2.38. The Labute approximate surface area is 121 Å². The molecule has 0 saturated heterocycles. The van der Waals surface area contributed by atoms with E-state index < -0.39 is 16.8 Å². The van der Waals surface area contributed by atoms with Gasteiger partial charge in [0.1, 0.15) is 0 Å². The quantitative estimate of drug-likeness (QED) is 0.446. The zero-order valence-electron chi connectivity index (χ0n) is 11.8. The first-order chi connectivity index (χ1) is 9.98. The fraction of sp³-hybridized carbons (Fsp3) is 0.385. The summed E-state index contributed by atoms with van der Waals surface area (Å²) in [5, 5.41) is 20.3. The predicted octanol–water partition coefficient (Wildman–Crippen LogP) is 1.78. The third-order valence-corrected chi connectivity index (χ3v) is 2.86. The van der Waals surface area contributed by atoms with Gasteiger partial charge in [0.25, 0.3) is 5.69 Å². The third kappa shape index (κ3) is 3.60. The Bertz CT molecular complexity index is 593. The van der Waals surface area contributed by atoms with E-state index in [9.17, 15) is 14.9 Å². The van der Waals surface area contributed by atoms with Crippen molar-refractivity contribution in [2.75, 3.05) is 21.3 Å². The average molecular weight is 294 g/mol. The van der Waals surface area contributed by atoms with Gasteiger partial charge in [0.05, 0.1) is 56.3 Å².